The Hall–Kier alpha value is -5.36. The fraction of sp³-hybridized carbons (Fsp3) is 0.158. The maximum atomic E-state index is 14.0. The van der Waals surface area contributed by atoms with Gasteiger partial charge >= 0.3 is 5.97 Å². The molecule has 6 nitrogen and oxygen atoms in total. The van der Waals surface area contributed by atoms with Crippen molar-refractivity contribution in [1.82, 2.24) is 5.32 Å². The Morgan fingerprint density at radius 2 is 1.09 bits per heavy atom. The van der Waals surface area contributed by atoms with Crippen LogP contribution in [-0.4, -0.2) is 23.0 Å². The van der Waals surface area contributed by atoms with E-state index in [1.807, 2.05) is 134 Å². The Balaban J connectivity index is 1.39. The Morgan fingerprint density at radius 3 is 1.57 bits per heavy atom. The number of rotatable bonds is 13. The minimum absolute atomic E-state index is 0.0569. The lowest BCUT2D eigenvalue weighted by atomic mass is 9.75. The first-order valence-electron chi connectivity index (χ1n) is 14.5. The minimum atomic E-state index is -1.17. The lowest BCUT2D eigenvalue weighted by Gasteiger charge is -2.31. The Bertz CT molecular complexity index is 1620. The maximum absolute atomic E-state index is 14.0. The van der Waals surface area contributed by atoms with E-state index in [1.54, 1.807) is 12.1 Å². The first-order chi connectivity index (χ1) is 21.4. The van der Waals surface area contributed by atoms with E-state index in [-0.39, 0.29) is 6.42 Å². The molecular weight excluding hydrogens is 550 g/mol. The molecule has 0 unspecified atom stereocenters. The zero-order valence-electron chi connectivity index (χ0n) is 24.6. The summed E-state index contributed by atoms with van der Waals surface area (Å²) in [7, 11) is 0. The van der Waals surface area contributed by atoms with Crippen molar-refractivity contribution in [3.8, 4) is 11.5 Å². The van der Waals surface area contributed by atoms with Crippen LogP contribution >= 0.6 is 0 Å². The van der Waals surface area contributed by atoms with Gasteiger partial charge in [-0.05, 0) is 46.9 Å². The summed E-state index contributed by atoms with van der Waals surface area (Å²) in [4.78, 5) is 26.4. The second-order valence-electron chi connectivity index (χ2n) is 10.8. The van der Waals surface area contributed by atoms with Gasteiger partial charge in [0.2, 0.25) is 5.91 Å². The van der Waals surface area contributed by atoms with Crippen LogP contribution in [-0.2, 0) is 34.6 Å². The molecule has 0 aliphatic heterocycles. The van der Waals surface area contributed by atoms with Crippen LogP contribution in [0.25, 0.3) is 0 Å². The van der Waals surface area contributed by atoms with Crippen molar-refractivity contribution in [2.24, 2.45) is 0 Å². The molecule has 0 saturated heterocycles. The summed E-state index contributed by atoms with van der Waals surface area (Å²) in [6.07, 6.45) is 0.0569. The molecule has 0 heterocycles. The van der Waals surface area contributed by atoms with Crippen molar-refractivity contribution in [2.45, 2.75) is 38.0 Å². The lowest BCUT2D eigenvalue weighted by Crippen LogP contribution is -2.50. The highest BCUT2D eigenvalue weighted by Crippen LogP contribution is 2.33. The molecule has 1 atom stereocenters. The fourth-order valence-electron chi connectivity index (χ4n) is 5.09. The number of hydrogen-bond acceptors (Lipinski definition) is 4. The molecule has 2 N–H and O–H groups in total. The van der Waals surface area contributed by atoms with Gasteiger partial charge in [-0.3, -0.25) is 4.79 Å². The number of aliphatic carboxylic acids is 1. The summed E-state index contributed by atoms with van der Waals surface area (Å²) in [6, 6.07) is 42.6. The zero-order chi connectivity index (χ0) is 30.8. The Kier molecular flexibility index (Phi) is 9.72. The average molecular weight is 586 g/mol. The molecule has 0 fully saturated rings. The van der Waals surface area contributed by atoms with E-state index >= 15 is 0 Å². The average Bonchev–Trinajstić information content (AvgIpc) is 3.07. The quantitative estimate of drug-likeness (QED) is 0.156. The van der Waals surface area contributed by atoms with Crippen LogP contribution < -0.4 is 14.8 Å². The fourth-order valence-corrected chi connectivity index (χ4v) is 5.09. The predicted octanol–water partition coefficient (Wildman–Crippen LogP) is 6.96. The van der Waals surface area contributed by atoms with Crippen molar-refractivity contribution in [1.29, 1.82) is 0 Å². The van der Waals surface area contributed by atoms with Gasteiger partial charge in [-0.1, -0.05) is 127 Å². The largest absolute Gasteiger partial charge is 0.485 e. The molecule has 44 heavy (non-hydrogen) atoms. The number of carbonyl (C=O) groups excluding carboxylic acids is 1. The molecule has 0 aromatic heterocycles. The third kappa shape index (κ3) is 7.34. The summed E-state index contributed by atoms with van der Waals surface area (Å²) in [5.41, 5.74) is 3.13. The van der Waals surface area contributed by atoms with Crippen LogP contribution in [0.15, 0.2) is 140 Å². The first-order valence-corrected chi connectivity index (χ1v) is 14.5. The number of carboxylic acid groups (broad SMARTS) is 1. The molecule has 5 rings (SSSR count). The molecular formula is C38H35NO5. The second-order valence-corrected chi connectivity index (χ2v) is 10.8. The topological polar surface area (TPSA) is 84.9 Å². The molecule has 1 amide bonds. The van der Waals surface area contributed by atoms with Crippen molar-refractivity contribution < 1.29 is 24.2 Å². The molecule has 0 radical (unpaired) electrons. The van der Waals surface area contributed by atoms with Crippen molar-refractivity contribution >= 4 is 11.9 Å². The molecule has 6 heteroatoms. The van der Waals surface area contributed by atoms with Gasteiger partial charge in [-0.2, -0.15) is 0 Å². The number of nitrogens with one attached hydrogen (secondary N) is 1. The van der Waals surface area contributed by atoms with Gasteiger partial charge in [0, 0.05) is 6.42 Å². The number of carboxylic acids is 1. The maximum Gasteiger partial charge on any atom is 0.326 e. The highest BCUT2D eigenvalue weighted by Gasteiger charge is 2.39. The summed E-state index contributed by atoms with van der Waals surface area (Å²) in [6.45, 7) is 2.49. The van der Waals surface area contributed by atoms with E-state index < -0.39 is 23.3 Å². The van der Waals surface area contributed by atoms with E-state index in [4.69, 9.17) is 9.47 Å². The van der Waals surface area contributed by atoms with Crippen LogP contribution in [0.1, 0.15) is 34.7 Å². The second kappa shape index (κ2) is 14.2. The monoisotopic (exact) mass is 585 g/mol. The third-order valence-electron chi connectivity index (χ3n) is 7.68. The third-order valence-corrected chi connectivity index (χ3v) is 7.68. The smallest absolute Gasteiger partial charge is 0.326 e. The van der Waals surface area contributed by atoms with Crippen LogP contribution in [0.2, 0.25) is 0 Å². The zero-order valence-corrected chi connectivity index (χ0v) is 24.6. The number of ether oxygens (including phenoxy) is 2. The van der Waals surface area contributed by atoms with Gasteiger partial charge in [-0.15, -0.1) is 0 Å². The Labute approximate surface area is 257 Å². The van der Waals surface area contributed by atoms with E-state index in [0.717, 1.165) is 22.3 Å². The van der Waals surface area contributed by atoms with Gasteiger partial charge in [0.25, 0.3) is 0 Å². The van der Waals surface area contributed by atoms with E-state index in [9.17, 15) is 14.7 Å². The molecule has 5 aromatic rings. The van der Waals surface area contributed by atoms with Gasteiger partial charge < -0.3 is 19.9 Å². The predicted molar refractivity (Wildman–Crippen MR) is 171 cm³/mol. The van der Waals surface area contributed by atoms with Gasteiger partial charge in [0.15, 0.2) is 11.5 Å². The number of hydrogen-bond donors (Lipinski definition) is 2. The van der Waals surface area contributed by atoms with Crippen molar-refractivity contribution in [2.75, 3.05) is 0 Å². The van der Waals surface area contributed by atoms with Crippen molar-refractivity contribution in [3.05, 3.63) is 167 Å². The molecule has 0 aliphatic rings. The summed E-state index contributed by atoms with van der Waals surface area (Å²) < 4.78 is 12.3. The van der Waals surface area contributed by atoms with Crippen LogP contribution in [0, 0.1) is 0 Å². The first kappa shape index (κ1) is 30.1. The SMILES string of the molecule is CC(C(=O)N[C@@H](Cc1ccc(OCc2ccccc2)c(OCc2ccccc2)c1)C(=O)O)(c1ccccc1)c1ccccc1. The molecule has 222 valence electrons. The van der Waals surface area contributed by atoms with Crippen LogP contribution in [0.4, 0.5) is 0 Å². The molecule has 0 spiro atoms. The van der Waals surface area contributed by atoms with E-state index in [2.05, 4.69) is 5.32 Å². The highest BCUT2D eigenvalue weighted by molar-refractivity contribution is 5.94. The molecule has 0 bridgehead atoms. The molecule has 0 saturated carbocycles. The van der Waals surface area contributed by atoms with E-state index in [0.29, 0.717) is 30.3 Å². The van der Waals surface area contributed by atoms with Gasteiger partial charge in [-0.25, -0.2) is 4.79 Å². The Morgan fingerprint density at radius 1 is 0.636 bits per heavy atom. The summed E-state index contributed by atoms with van der Waals surface area (Å²) in [5.74, 6) is -0.481. The van der Waals surface area contributed by atoms with Crippen LogP contribution in [0.5, 0.6) is 11.5 Å². The van der Waals surface area contributed by atoms with Gasteiger partial charge in [0.05, 0.1) is 5.41 Å². The minimum Gasteiger partial charge on any atom is -0.485 e. The normalized spacial score (nSPS) is 11.8. The lowest BCUT2D eigenvalue weighted by molar-refractivity contribution is -0.142. The molecule has 5 aromatic carbocycles. The number of amides is 1. The summed E-state index contributed by atoms with van der Waals surface area (Å²) in [5, 5.41) is 13.0. The number of carbonyl (C=O) groups is 2. The molecule has 0 aliphatic carbocycles. The standard InChI is InChI=1S/C38H35NO5/c1-38(31-18-10-4-11-19-31,32-20-12-5-13-21-32)37(42)39-33(36(40)41)24-30-22-23-34(43-26-28-14-6-2-7-15-28)35(25-30)44-27-29-16-8-3-9-17-29/h2-23,25,33H,24,26-27H2,1H3,(H,39,42)(H,40,41)/t33-/m0/s1. The summed E-state index contributed by atoms with van der Waals surface area (Å²) >= 11 is 0. The van der Waals surface area contributed by atoms with Crippen molar-refractivity contribution in [3.63, 3.8) is 0 Å². The van der Waals surface area contributed by atoms with Crippen LogP contribution in [0.3, 0.4) is 0 Å². The number of benzene rings is 5. The van der Waals surface area contributed by atoms with E-state index in [1.165, 1.54) is 0 Å². The highest BCUT2D eigenvalue weighted by atomic mass is 16.5. The van der Waals surface area contributed by atoms with Gasteiger partial charge in [0.1, 0.15) is 19.3 Å².